The number of benzene rings is 1. The summed E-state index contributed by atoms with van der Waals surface area (Å²) in [7, 11) is 0. The molecule has 3 heteroatoms. The number of thiophene rings is 1. The Morgan fingerprint density at radius 1 is 1.35 bits per heavy atom. The topological polar surface area (TPSA) is 29.1 Å². The Bertz CT molecular complexity index is 583. The fourth-order valence-electron chi connectivity index (χ4n) is 3.01. The summed E-state index contributed by atoms with van der Waals surface area (Å²) in [6.07, 6.45) is 4.92. The van der Waals surface area contributed by atoms with E-state index < -0.39 is 0 Å². The molecule has 0 aliphatic carbocycles. The summed E-state index contributed by atoms with van der Waals surface area (Å²) in [6, 6.07) is 8.36. The molecule has 1 aliphatic heterocycles. The zero-order valence-electron chi connectivity index (χ0n) is 11.7. The number of piperidine rings is 1. The summed E-state index contributed by atoms with van der Waals surface area (Å²) < 4.78 is 1.28. The summed E-state index contributed by atoms with van der Waals surface area (Å²) in [5, 5.41) is 6.82. The maximum absolute atomic E-state index is 12.2. The highest BCUT2D eigenvalue weighted by atomic mass is 32.1. The standard InChI is InChI=1S/C17H21NOS/c19-15(8-7-13-4-3-9-18-11-13)10-14-12-20-17-6-2-1-5-16(14)17/h1-2,5-6,12-13,18H,3-4,7-11H2. The first-order valence-electron chi connectivity index (χ1n) is 7.50. The van der Waals surface area contributed by atoms with E-state index in [1.54, 1.807) is 11.3 Å². The lowest BCUT2D eigenvalue weighted by Gasteiger charge is -2.22. The molecule has 0 radical (unpaired) electrons. The average Bonchev–Trinajstić information content (AvgIpc) is 2.90. The van der Waals surface area contributed by atoms with Gasteiger partial charge >= 0.3 is 0 Å². The van der Waals surface area contributed by atoms with Gasteiger partial charge in [-0.25, -0.2) is 0 Å². The lowest BCUT2D eigenvalue weighted by molar-refractivity contribution is -0.118. The van der Waals surface area contributed by atoms with Crippen LogP contribution in [0.1, 0.15) is 31.2 Å². The third-order valence-corrected chi connectivity index (χ3v) is 5.19. The Morgan fingerprint density at radius 3 is 3.10 bits per heavy atom. The summed E-state index contributed by atoms with van der Waals surface area (Å²) in [5.74, 6) is 1.09. The number of hydrogen-bond donors (Lipinski definition) is 1. The van der Waals surface area contributed by atoms with E-state index in [2.05, 4.69) is 35.0 Å². The highest BCUT2D eigenvalue weighted by Crippen LogP contribution is 2.26. The molecule has 0 amide bonds. The van der Waals surface area contributed by atoms with Crippen LogP contribution in [0, 0.1) is 5.92 Å². The molecule has 2 aromatic rings. The van der Waals surface area contributed by atoms with Crippen LogP contribution in [0.5, 0.6) is 0 Å². The highest BCUT2D eigenvalue weighted by Gasteiger charge is 2.15. The SMILES string of the molecule is O=C(CCC1CCCNC1)Cc1csc2ccccc12. The predicted molar refractivity (Wildman–Crippen MR) is 85.4 cm³/mol. The molecule has 0 bridgehead atoms. The van der Waals surface area contributed by atoms with E-state index in [1.165, 1.54) is 28.5 Å². The normalized spacial score (nSPS) is 19.3. The van der Waals surface area contributed by atoms with Crippen LogP contribution >= 0.6 is 11.3 Å². The van der Waals surface area contributed by atoms with Crippen LogP contribution < -0.4 is 5.32 Å². The summed E-state index contributed by atoms with van der Waals surface area (Å²) in [6.45, 7) is 2.24. The lowest BCUT2D eigenvalue weighted by atomic mass is 9.92. The molecule has 1 aromatic heterocycles. The molecule has 0 spiro atoms. The minimum atomic E-state index is 0.388. The first kappa shape index (κ1) is 13.8. The van der Waals surface area contributed by atoms with Gasteiger partial charge in [0.2, 0.25) is 0 Å². The van der Waals surface area contributed by atoms with Crippen LogP contribution in [0.15, 0.2) is 29.6 Å². The number of Topliss-reactive ketones (excluding diaryl/α,β-unsaturated/α-hetero) is 1. The number of rotatable bonds is 5. The molecular formula is C17H21NOS. The van der Waals surface area contributed by atoms with E-state index >= 15 is 0 Å². The van der Waals surface area contributed by atoms with Crippen molar-refractivity contribution < 1.29 is 4.79 Å². The van der Waals surface area contributed by atoms with Gasteiger partial charge in [-0.05, 0) is 60.7 Å². The lowest BCUT2D eigenvalue weighted by Crippen LogP contribution is -2.30. The van der Waals surface area contributed by atoms with Gasteiger partial charge in [-0.2, -0.15) is 0 Å². The van der Waals surface area contributed by atoms with Crippen LogP contribution in [0.2, 0.25) is 0 Å². The third-order valence-electron chi connectivity index (χ3n) is 4.18. The quantitative estimate of drug-likeness (QED) is 0.906. The Balaban J connectivity index is 1.55. The average molecular weight is 287 g/mol. The van der Waals surface area contributed by atoms with Crippen molar-refractivity contribution in [3.05, 3.63) is 35.2 Å². The zero-order chi connectivity index (χ0) is 13.8. The van der Waals surface area contributed by atoms with Crippen molar-refractivity contribution in [1.29, 1.82) is 0 Å². The van der Waals surface area contributed by atoms with E-state index in [4.69, 9.17) is 0 Å². The van der Waals surface area contributed by atoms with Crippen molar-refractivity contribution in [3.8, 4) is 0 Å². The summed E-state index contributed by atoms with van der Waals surface area (Å²) >= 11 is 1.74. The van der Waals surface area contributed by atoms with Gasteiger partial charge in [0, 0.05) is 17.5 Å². The molecule has 2 nitrogen and oxygen atoms in total. The van der Waals surface area contributed by atoms with Gasteiger partial charge in [0.15, 0.2) is 0 Å². The Kier molecular flexibility index (Phi) is 4.48. The van der Waals surface area contributed by atoms with Crippen LogP contribution in [0.4, 0.5) is 0 Å². The molecule has 1 N–H and O–H groups in total. The van der Waals surface area contributed by atoms with Crippen molar-refractivity contribution in [2.75, 3.05) is 13.1 Å². The van der Waals surface area contributed by atoms with Crippen LogP contribution in [0.25, 0.3) is 10.1 Å². The maximum atomic E-state index is 12.2. The molecule has 20 heavy (non-hydrogen) atoms. The second kappa shape index (κ2) is 6.51. The molecule has 2 heterocycles. The predicted octanol–water partition coefficient (Wildman–Crippen LogP) is 3.79. The Morgan fingerprint density at radius 2 is 2.25 bits per heavy atom. The van der Waals surface area contributed by atoms with Gasteiger partial charge in [-0.3, -0.25) is 4.79 Å². The molecular weight excluding hydrogens is 266 g/mol. The molecule has 0 saturated carbocycles. The Labute approximate surface area is 124 Å². The smallest absolute Gasteiger partial charge is 0.137 e. The van der Waals surface area contributed by atoms with Gasteiger partial charge in [0.1, 0.15) is 5.78 Å². The van der Waals surface area contributed by atoms with E-state index in [1.807, 2.05) is 0 Å². The molecule has 3 rings (SSSR count). The number of nitrogens with one attached hydrogen (secondary N) is 1. The summed E-state index contributed by atoms with van der Waals surface area (Å²) in [5.41, 5.74) is 1.21. The number of ketones is 1. The van der Waals surface area contributed by atoms with Gasteiger partial charge in [-0.15, -0.1) is 11.3 Å². The van der Waals surface area contributed by atoms with Crippen molar-refractivity contribution in [3.63, 3.8) is 0 Å². The van der Waals surface area contributed by atoms with Crippen molar-refractivity contribution in [2.45, 2.75) is 32.1 Å². The van der Waals surface area contributed by atoms with Gasteiger partial charge < -0.3 is 5.32 Å². The fourth-order valence-corrected chi connectivity index (χ4v) is 3.97. The first-order valence-corrected chi connectivity index (χ1v) is 8.38. The maximum Gasteiger partial charge on any atom is 0.137 e. The second-order valence-corrected chi connectivity index (χ2v) is 6.63. The van der Waals surface area contributed by atoms with Crippen molar-refractivity contribution >= 4 is 27.2 Å². The molecule has 106 valence electrons. The number of carbonyl (C=O) groups excluding carboxylic acids is 1. The largest absolute Gasteiger partial charge is 0.316 e. The second-order valence-electron chi connectivity index (χ2n) is 5.72. The van der Waals surface area contributed by atoms with E-state index in [0.29, 0.717) is 18.1 Å². The molecule has 1 unspecified atom stereocenters. The van der Waals surface area contributed by atoms with Crippen molar-refractivity contribution in [1.82, 2.24) is 5.32 Å². The van der Waals surface area contributed by atoms with Crippen LogP contribution in [-0.4, -0.2) is 18.9 Å². The van der Waals surface area contributed by atoms with Crippen molar-refractivity contribution in [2.24, 2.45) is 5.92 Å². The number of hydrogen-bond acceptors (Lipinski definition) is 3. The molecule has 1 aromatic carbocycles. The third kappa shape index (κ3) is 3.28. The van der Waals surface area contributed by atoms with Crippen LogP contribution in [0.3, 0.4) is 0 Å². The minimum absolute atomic E-state index is 0.388. The molecule has 1 aliphatic rings. The minimum Gasteiger partial charge on any atom is -0.316 e. The monoisotopic (exact) mass is 287 g/mol. The van der Waals surface area contributed by atoms with E-state index in [-0.39, 0.29) is 0 Å². The van der Waals surface area contributed by atoms with Gasteiger partial charge in [-0.1, -0.05) is 18.2 Å². The number of fused-ring (bicyclic) bond motifs is 1. The zero-order valence-corrected chi connectivity index (χ0v) is 12.5. The molecule has 1 atom stereocenters. The fraction of sp³-hybridized carbons (Fsp3) is 0.471. The highest BCUT2D eigenvalue weighted by molar-refractivity contribution is 7.17. The first-order chi connectivity index (χ1) is 9.83. The summed E-state index contributed by atoms with van der Waals surface area (Å²) in [4.78, 5) is 12.2. The molecule has 1 fully saturated rings. The van der Waals surface area contributed by atoms with Crippen LogP contribution in [-0.2, 0) is 11.2 Å². The number of carbonyl (C=O) groups is 1. The molecule has 1 saturated heterocycles. The van der Waals surface area contributed by atoms with Gasteiger partial charge in [0.05, 0.1) is 0 Å². The van der Waals surface area contributed by atoms with E-state index in [0.717, 1.165) is 25.9 Å². The Hall–Kier alpha value is -1.19. The van der Waals surface area contributed by atoms with Gasteiger partial charge in [0.25, 0.3) is 0 Å². The van der Waals surface area contributed by atoms with E-state index in [9.17, 15) is 4.79 Å².